The first-order valence-corrected chi connectivity index (χ1v) is 5.79. The predicted molar refractivity (Wildman–Crippen MR) is 66.4 cm³/mol. The Hall–Kier alpha value is -0.590. The number of hydrogen-bond donors (Lipinski definition) is 0. The number of alkyl halides is 1. The first kappa shape index (κ1) is 15.9. The van der Waals surface area contributed by atoms with Gasteiger partial charge in [0.1, 0.15) is 0 Å². The second kappa shape index (κ2) is 18.2. The van der Waals surface area contributed by atoms with Gasteiger partial charge in [-0.05, 0) is 12.8 Å². The fourth-order valence-corrected chi connectivity index (χ4v) is 0.956. The SMILES string of the molecule is C#CCCCCCC.C#CCCCCl. The zero-order valence-electron chi connectivity index (χ0n) is 9.19. The van der Waals surface area contributed by atoms with E-state index in [1.807, 2.05) is 0 Å². The van der Waals surface area contributed by atoms with Crippen molar-refractivity contribution in [1.82, 2.24) is 0 Å². The number of halogens is 1. The minimum atomic E-state index is 0.685. The molecule has 0 saturated carbocycles. The molecule has 0 amide bonds. The van der Waals surface area contributed by atoms with E-state index in [0.717, 1.165) is 19.3 Å². The van der Waals surface area contributed by atoms with E-state index in [0.29, 0.717) is 5.88 Å². The van der Waals surface area contributed by atoms with Crippen LogP contribution in [0.3, 0.4) is 0 Å². The third kappa shape index (κ3) is 22.5. The Morgan fingerprint density at radius 2 is 1.50 bits per heavy atom. The van der Waals surface area contributed by atoms with E-state index < -0.39 is 0 Å². The van der Waals surface area contributed by atoms with Gasteiger partial charge in [0.2, 0.25) is 0 Å². The van der Waals surface area contributed by atoms with Gasteiger partial charge in [0, 0.05) is 18.7 Å². The zero-order chi connectivity index (χ0) is 11.1. The van der Waals surface area contributed by atoms with Gasteiger partial charge in [-0.2, -0.15) is 0 Å². The lowest BCUT2D eigenvalue weighted by atomic mass is 10.2. The van der Waals surface area contributed by atoms with Gasteiger partial charge in [0.05, 0.1) is 0 Å². The molecule has 0 fully saturated rings. The summed E-state index contributed by atoms with van der Waals surface area (Å²) in [5, 5.41) is 0. The van der Waals surface area contributed by atoms with E-state index in [1.54, 1.807) is 0 Å². The van der Waals surface area contributed by atoms with Crippen LogP contribution in [0.25, 0.3) is 0 Å². The summed E-state index contributed by atoms with van der Waals surface area (Å²) < 4.78 is 0. The van der Waals surface area contributed by atoms with Crippen molar-refractivity contribution >= 4 is 11.6 Å². The normalized spacial score (nSPS) is 8.00. The van der Waals surface area contributed by atoms with E-state index in [2.05, 4.69) is 18.8 Å². The molecule has 0 nitrogen and oxygen atoms in total. The van der Waals surface area contributed by atoms with Crippen LogP contribution in [0.1, 0.15) is 51.9 Å². The van der Waals surface area contributed by atoms with Gasteiger partial charge in [-0.15, -0.1) is 36.3 Å². The Balaban J connectivity index is 0. The molecule has 0 aliphatic carbocycles. The van der Waals surface area contributed by atoms with Crippen molar-refractivity contribution in [2.75, 3.05) is 5.88 Å². The highest BCUT2D eigenvalue weighted by atomic mass is 35.5. The minimum Gasteiger partial charge on any atom is -0.127 e. The summed E-state index contributed by atoms with van der Waals surface area (Å²) in [7, 11) is 0. The Bertz CT molecular complexity index is 159. The monoisotopic (exact) mass is 212 g/mol. The topological polar surface area (TPSA) is 0 Å². The van der Waals surface area contributed by atoms with Crippen LogP contribution in [-0.4, -0.2) is 5.88 Å². The maximum atomic E-state index is 5.28. The first-order chi connectivity index (χ1) is 6.83. The van der Waals surface area contributed by atoms with Crippen molar-refractivity contribution in [3.63, 3.8) is 0 Å². The molecular weight excluding hydrogens is 192 g/mol. The Morgan fingerprint density at radius 3 is 1.86 bits per heavy atom. The summed E-state index contributed by atoms with van der Waals surface area (Å²) in [6.45, 7) is 2.20. The Morgan fingerprint density at radius 1 is 0.929 bits per heavy atom. The summed E-state index contributed by atoms with van der Waals surface area (Å²) in [6.07, 6.45) is 17.8. The third-order valence-electron chi connectivity index (χ3n) is 1.63. The summed E-state index contributed by atoms with van der Waals surface area (Å²) in [5.41, 5.74) is 0. The molecule has 0 spiro atoms. The molecule has 0 bridgehead atoms. The molecule has 0 aromatic rings. The smallest absolute Gasteiger partial charge is 0.0232 e. The van der Waals surface area contributed by atoms with Crippen LogP contribution < -0.4 is 0 Å². The van der Waals surface area contributed by atoms with E-state index in [9.17, 15) is 0 Å². The standard InChI is InChI=1S/C8H14.C5H7Cl/c1-3-5-7-8-6-4-2;1-2-3-4-5-6/h1H,4-8H2,2H3;1H,3-5H2. The molecule has 0 N–H and O–H groups in total. The summed E-state index contributed by atoms with van der Waals surface area (Å²) in [4.78, 5) is 0. The van der Waals surface area contributed by atoms with Gasteiger partial charge in [-0.1, -0.05) is 26.2 Å². The molecule has 0 heterocycles. The van der Waals surface area contributed by atoms with Gasteiger partial charge in [0.25, 0.3) is 0 Å². The van der Waals surface area contributed by atoms with Gasteiger partial charge >= 0.3 is 0 Å². The molecule has 0 rings (SSSR count). The maximum absolute atomic E-state index is 5.28. The minimum absolute atomic E-state index is 0.685. The van der Waals surface area contributed by atoms with Crippen molar-refractivity contribution in [2.45, 2.75) is 51.9 Å². The van der Waals surface area contributed by atoms with Gasteiger partial charge < -0.3 is 0 Å². The van der Waals surface area contributed by atoms with Crippen molar-refractivity contribution in [2.24, 2.45) is 0 Å². The summed E-state index contributed by atoms with van der Waals surface area (Å²) in [6, 6.07) is 0. The van der Waals surface area contributed by atoms with E-state index in [-0.39, 0.29) is 0 Å². The molecular formula is C13H21Cl. The van der Waals surface area contributed by atoms with Crippen molar-refractivity contribution < 1.29 is 0 Å². The molecule has 0 aromatic carbocycles. The largest absolute Gasteiger partial charge is 0.127 e. The average Bonchev–Trinajstić information content (AvgIpc) is 2.22. The fraction of sp³-hybridized carbons (Fsp3) is 0.692. The number of terminal acetylenes is 2. The van der Waals surface area contributed by atoms with Crippen molar-refractivity contribution in [1.29, 1.82) is 0 Å². The highest BCUT2D eigenvalue weighted by Crippen LogP contribution is 2.00. The molecule has 0 unspecified atom stereocenters. The second-order valence-corrected chi connectivity index (χ2v) is 3.39. The highest BCUT2D eigenvalue weighted by Gasteiger charge is 1.81. The number of unbranched alkanes of at least 4 members (excludes halogenated alkanes) is 5. The van der Waals surface area contributed by atoms with Crippen molar-refractivity contribution in [3.8, 4) is 24.7 Å². The highest BCUT2D eigenvalue weighted by molar-refractivity contribution is 6.17. The Labute approximate surface area is 94.4 Å². The lowest BCUT2D eigenvalue weighted by Gasteiger charge is -1.90. The van der Waals surface area contributed by atoms with Crippen LogP contribution >= 0.6 is 11.6 Å². The molecule has 0 radical (unpaired) electrons. The van der Waals surface area contributed by atoms with Crippen LogP contribution in [0.15, 0.2) is 0 Å². The van der Waals surface area contributed by atoms with Gasteiger partial charge in [-0.25, -0.2) is 0 Å². The van der Waals surface area contributed by atoms with E-state index in [1.165, 1.54) is 25.7 Å². The summed E-state index contributed by atoms with van der Waals surface area (Å²) >= 11 is 5.28. The third-order valence-corrected chi connectivity index (χ3v) is 1.90. The zero-order valence-corrected chi connectivity index (χ0v) is 9.95. The molecule has 0 aromatic heterocycles. The lowest BCUT2D eigenvalue weighted by molar-refractivity contribution is 0.680. The molecule has 14 heavy (non-hydrogen) atoms. The molecule has 0 aliphatic heterocycles. The quantitative estimate of drug-likeness (QED) is 0.351. The first-order valence-electron chi connectivity index (χ1n) is 5.26. The number of rotatable bonds is 6. The summed E-state index contributed by atoms with van der Waals surface area (Å²) in [5.74, 6) is 5.80. The number of hydrogen-bond acceptors (Lipinski definition) is 0. The second-order valence-electron chi connectivity index (χ2n) is 3.01. The molecule has 0 saturated heterocycles. The van der Waals surface area contributed by atoms with Crippen LogP contribution in [0.4, 0.5) is 0 Å². The maximum Gasteiger partial charge on any atom is 0.0232 e. The van der Waals surface area contributed by atoms with Crippen LogP contribution in [-0.2, 0) is 0 Å². The average molecular weight is 213 g/mol. The van der Waals surface area contributed by atoms with E-state index in [4.69, 9.17) is 24.4 Å². The molecule has 0 atom stereocenters. The van der Waals surface area contributed by atoms with Crippen LogP contribution in [0.2, 0.25) is 0 Å². The predicted octanol–water partition coefficient (Wildman–Crippen LogP) is 4.23. The molecule has 80 valence electrons. The molecule has 1 heteroatoms. The van der Waals surface area contributed by atoms with Crippen molar-refractivity contribution in [3.05, 3.63) is 0 Å². The Kier molecular flexibility index (Phi) is 20.7. The lowest BCUT2D eigenvalue weighted by Crippen LogP contribution is -1.72. The fourth-order valence-electron chi connectivity index (χ4n) is 0.823. The van der Waals surface area contributed by atoms with Crippen LogP contribution in [0.5, 0.6) is 0 Å². The van der Waals surface area contributed by atoms with Crippen LogP contribution in [0, 0.1) is 24.7 Å². The van der Waals surface area contributed by atoms with E-state index >= 15 is 0 Å². The van der Waals surface area contributed by atoms with Gasteiger partial charge in [0.15, 0.2) is 0 Å². The van der Waals surface area contributed by atoms with Gasteiger partial charge in [-0.3, -0.25) is 0 Å². The molecule has 0 aliphatic rings.